The molecule has 3 rings (SSSR count). The van der Waals surface area contributed by atoms with Gasteiger partial charge in [-0.05, 0) is 56.9 Å². The SMILES string of the molecule is Cc1cc(C)c(NC(=O)COC(=O)C2CCN(C(=O)c3ccc(F)cc3F)CC2)c(C)c1. The van der Waals surface area contributed by atoms with Crippen LogP contribution in [0, 0.1) is 38.3 Å². The first-order valence-electron chi connectivity index (χ1n) is 10.4. The Morgan fingerprint density at radius 2 is 1.66 bits per heavy atom. The van der Waals surface area contributed by atoms with Gasteiger partial charge in [-0.1, -0.05) is 17.7 Å². The second-order valence-corrected chi connectivity index (χ2v) is 8.12. The molecule has 1 aliphatic rings. The van der Waals surface area contributed by atoms with E-state index < -0.39 is 41.9 Å². The zero-order valence-electron chi connectivity index (χ0n) is 18.3. The van der Waals surface area contributed by atoms with Gasteiger partial charge in [0, 0.05) is 24.8 Å². The number of esters is 1. The van der Waals surface area contributed by atoms with Gasteiger partial charge in [-0.2, -0.15) is 0 Å². The number of nitrogens with one attached hydrogen (secondary N) is 1. The van der Waals surface area contributed by atoms with Crippen molar-refractivity contribution in [3.8, 4) is 0 Å². The third-order valence-electron chi connectivity index (χ3n) is 5.56. The van der Waals surface area contributed by atoms with Gasteiger partial charge >= 0.3 is 5.97 Å². The van der Waals surface area contributed by atoms with Gasteiger partial charge in [0.2, 0.25) is 0 Å². The maximum Gasteiger partial charge on any atom is 0.309 e. The summed E-state index contributed by atoms with van der Waals surface area (Å²) in [4.78, 5) is 38.5. The van der Waals surface area contributed by atoms with E-state index in [-0.39, 0.29) is 18.7 Å². The summed E-state index contributed by atoms with van der Waals surface area (Å²) >= 11 is 0. The number of ether oxygens (including phenoxy) is 1. The number of aryl methyl sites for hydroxylation is 3. The number of anilines is 1. The highest BCUT2D eigenvalue weighted by Gasteiger charge is 2.30. The van der Waals surface area contributed by atoms with Crippen LogP contribution in [0.5, 0.6) is 0 Å². The minimum atomic E-state index is -0.915. The molecule has 8 heteroatoms. The summed E-state index contributed by atoms with van der Waals surface area (Å²) in [6.07, 6.45) is 0.677. The topological polar surface area (TPSA) is 75.7 Å². The summed E-state index contributed by atoms with van der Waals surface area (Å²) in [6, 6.07) is 6.74. The van der Waals surface area contributed by atoms with Crippen molar-refractivity contribution in [1.82, 2.24) is 4.90 Å². The minimum Gasteiger partial charge on any atom is -0.455 e. The van der Waals surface area contributed by atoms with Crippen LogP contribution < -0.4 is 5.32 Å². The highest BCUT2D eigenvalue weighted by Crippen LogP contribution is 2.23. The van der Waals surface area contributed by atoms with Crippen molar-refractivity contribution < 1.29 is 27.9 Å². The van der Waals surface area contributed by atoms with Crippen molar-refractivity contribution in [3.05, 3.63) is 64.2 Å². The summed E-state index contributed by atoms with van der Waals surface area (Å²) < 4.78 is 32.1. The Labute approximate surface area is 185 Å². The van der Waals surface area contributed by atoms with Crippen molar-refractivity contribution in [3.63, 3.8) is 0 Å². The fourth-order valence-electron chi connectivity index (χ4n) is 3.96. The minimum absolute atomic E-state index is 0.203. The predicted octanol–water partition coefficient (Wildman–Crippen LogP) is 3.92. The molecule has 0 unspecified atom stereocenters. The molecule has 1 aliphatic heterocycles. The molecule has 0 atom stereocenters. The van der Waals surface area contributed by atoms with Crippen molar-refractivity contribution in [1.29, 1.82) is 0 Å². The number of benzene rings is 2. The molecule has 0 bridgehead atoms. The summed E-state index contributed by atoms with van der Waals surface area (Å²) in [6.45, 7) is 5.85. The van der Waals surface area contributed by atoms with E-state index in [0.717, 1.165) is 28.8 Å². The van der Waals surface area contributed by atoms with Crippen molar-refractivity contribution in [2.75, 3.05) is 25.0 Å². The lowest BCUT2D eigenvalue weighted by Crippen LogP contribution is -2.41. The Balaban J connectivity index is 1.48. The van der Waals surface area contributed by atoms with Crippen LogP contribution in [0.25, 0.3) is 0 Å². The maximum absolute atomic E-state index is 13.9. The fraction of sp³-hybridized carbons (Fsp3) is 0.375. The monoisotopic (exact) mass is 444 g/mol. The number of likely N-dealkylation sites (tertiary alicyclic amines) is 1. The van der Waals surface area contributed by atoms with Crippen LogP contribution in [0.1, 0.15) is 39.9 Å². The van der Waals surface area contributed by atoms with E-state index in [1.165, 1.54) is 4.90 Å². The van der Waals surface area contributed by atoms with Crippen molar-refractivity contribution >= 4 is 23.5 Å². The quantitative estimate of drug-likeness (QED) is 0.710. The molecule has 0 aliphatic carbocycles. The number of piperidine rings is 1. The molecule has 6 nitrogen and oxygen atoms in total. The van der Waals surface area contributed by atoms with E-state index in [9.17, 15) is 23.2 Å². The number of carbonyl (C=O) groups is 3. The normalized spacial score (nSPS) is 14.2. The summed E-state index contributed by atoms with van der Waals surface area (Å²) in [7, 11) is 0. The highest BCUT2D eigenvalue weighted by molar-refractivity contribution is 5.95. The lowest BCUT2D eigenvalue weighted by atomic mass is 9.96. The van der Waals surface area contributed by atoms with Crippen LogP contribution in [0.3, 0.4) is 0 Å². The molecular formula is C24H26F2N2O4. The Bertz CT molecular complexity index is 1020. The largest absolute Gasteiger partial charge is 0.455 e. The highest BCUT2D eigenvalue weighted by atomic mass is 19.1. The average molecular weight is 444 g/mol. The smallest absolute Gasteiger partial charge is 0.309 e. The second-order valence-electron chi connectivity index (χ2n) is 8.12. The van der Waals surface area contributed by atoms with Crippen LogP contribution in [-0.4, -0.2) is 42.4 Å². The van der Waals surface area contributed by atoms with Gasteiger partial charge in [-0.25, -0.2) is 8.78 Å². The van der Waals surface area contributed by atoms with E-state index in [1.54, 1.807) is 0 Å². The molecule has 0 aromatic heterocycles. The zero-order chi connectivity index (χ0) is 23.4. The third kappa shape index (κ3) is 5.49. The Hall–Kier alpha value is -3.29. The van der Waals surface area contributed by atoms with Crippen LogP contribution in [-0.2, 0) is 14.3 Å². The number of halogens is 2. The molecule has 2 aromatic carbocycles. The number of amides is 2. The van der Waals surface area contributed by atoms with E-state index >= 15 is 0 Å². The molecule has 32 heavy (non-hydrogen) atoms. The molecule has 0 spiro atoms. The van der Waals surface area contributed by atoms with E-state index in [2.05, 4.69) is 5.32 Å². The zero-order valence-corrected chi connectivity index (χ0v) is 18.3. The first kappa shape index (κ1) is 23.4. The summed E-state index contributed by atoms with van der Waals surface area (Å²) in [5, 5.41) is 2.78. The van der Waals surface area contributed by atoms with Gasteiger partial charge in [0.1, 0.15) is 11.6 Å². The lowest BCUT2D eigenvalue weighted by molar-refractivity contribution is -0.152. The van der Waals surface area contributed by atoms with Gasteiger partial charge in [0.25, 0.3) is 11.8 Å². The maximum atomic E-state index is 13.9. The number of hydrogen-bond donors (Lipinski definition) is 1. The molecule has 2 amide bonds. The molecule has 1 saturated heterocycles. The first-order chi connectivity index (χ1) is 15.2. The van der Waals surface area contributed by atoms with Crippen molar-refractivity contribution in [2.24, 2.45) is 5.92 Å². The molecular weight excluding hydrogens is 418 g/mol. The van der Waals surface area contributed by atoms with E-state index in [1.807, 2.05) is 32.9 Å². The van der Waals surface area contributed by atoms with Crippen LogP contribution in [0.15, 0.2) is 30.3 Å². The predicted molar refractivity (Wildman–Crippen MR) is 115 cm³/mol. The van der Waals surface area contributed by atoms with Crippen LogP contribution >= 0.6 is 0 Å². The number of rotatable bonds is 5. The third-order valence-corrected chi connectivity index (χ3v) is 5.56. The van der Waals surface area contributed by atoms with Crippen LogP contribution in [0.4, 0.5) is 14.5 Å². The molecule has 1 N–H and O–H groups in total. The molecule has 2 aromatic rings. The molecule has 170 valence electrons. The fourth-order valence-corrected chi connectivity index (χ4v) is 3.96. The van der Waals surface area contributed by atoms with Crippen molar-refractivity contribution in [2.45, 2.75) is 33.6 Å². The Morgan fingerprint density at radius 3 is 2.25 bits per heavy atom. The molecule has 0 radical (unpaired) electrons. The van der Waals surface area contributed by atoms with Crippen LogP contribution in [0.2, 0.25) is 0 Å². The summed E-state index contributed by atoms with van der Waals surface area (Å²) in [5.41, 5.74) is 3.45. The molecule has 0 saturated carbocycles. The molecule has 1 fully saturated rings. The van der Waals surface area contributed by atoms with Gasteiger partial charge < -0.3 is 15.0 Å². The average Bonchev–Trinajstić information content (AvgIpc) is 2.74. The first-order valence-corrected chi connectivity index (χ1v) is 10.4. The van der Waals surface area contributed by atoms with Gasteiger partial charge in [-0.3, -0.25) is 14.4 Å². The van der Waals surface area contributed by atoms with Gasteiger partial charge in [0.15, 0.2) is 6.61 Å². The Morgan fingerprint density at radius 1 is 1.03 bits per heavy atom. The Kier molecular flexibility index (Phi) is 7.22. The second kappa shape index (κ2) is 9.89. The molecule has 1 heterocycles. The van der Waals surface area contributed by atoms with Gasteiger partial charge in [-0.15, -0.1) is 0 Å². The number of carbonyl (C=O) groups excluding carboxylic acids is 3. The standard InChI is InChI=1S/C24H26F2N2O4/c1-14-10-15(2)22(16(3)11-14)27-21(29)13-32-24(31)17-6-8-28(9-7-17)23(30)19-5-4-18(25)12-20(19)26/h4-5,10-12,17H,6-9,13H2,1-3H3,(H,27,29). The van der Waals surface area contributed by atoms with Gasteiger partial charge in [0.05, 0.1) is 11.5 Å². The lowest BCUT2D eigenvalue weighted by Gasteiger charge is -2.31. The number of hydrogen-bond acceptors (Lipinski definition) is 4. The van der Waals surface area contributed by atoms with E-state index in [0.29, 0.717) is 24.6 Å². The number of nitrogens with zero attached hydrogens (tertiary/aromatic N) is 1. The van der Waals surface area contributed by atoms with E-state index in [4.69, 9.17) is 4.74 Å². The summed E-state index contributed by atoms with van der Waals surface area (Å²) in [5.74, 6) is -3.59.